The second-order valence-corrected chi connectivity index (χ2v) is 4.67. The van der Waals surface area contributed by atoms with Crippen LogP contribution in [-0.2, 0) is 0 Å². The molecule has 3 atom stereocenters. The van der Waals surface area contributed by atoms with Gasteiger partial charge in [-0.2, -0.15) is 0 Å². The Morgan fingerprint density at radius 1 is 1.62 bits per heavy atom. The Balaban J connectivity index is 2.55. The summed E-state index contributed by atoms with van der Waals surface area (Å²) >= 11 is 0. The second kappa shape index (κ2) is 4.43. The van der Waals surface area contributed by atoms with Crippen LogP contribution in [0.5, 0.6) is 0 Å². The van der Waals surface area contributed by atoms with Crippen LogP contribution in [0.4, 0.5) is 0 Å². The summed E-state index contributed by atoms with van der Waals surface area (Å²) < 4.78 is 0. The van der Waals surface area contributed by atoms with E-state index in [2.05, 4.69) is 13.8 Å². The number of aliphatic hydroxyl groups is 1. The topological polar surface area (TPSA) is 46.2 Å². The molecule has 1 rings (SSSR count). The zero-order valence-corrected chi connectivity index (χ0v) is 8.92. The van der Waals surface area contributed by atoms with Crippen LogP contribution in [0.1, 0.15) is 46.0 Å². The molecule has 0 bridgehead atoms. The molecule has 2 nitrogen and oxygen atoms in total. The molecule has 0 amide bonds. The Kier molecular flexibility index (Phi) is 3.74. The van der Waals surface area contributed by atoms with Crippen LogP contribution in [0.15, 0.2) is 0 Å². The molecule has 3 N–H and O–H groups in total. The molecule has 1 aliphatic carbocycles. The average molecular weight is 185 g/mol. The maximum atomic E-state index is 10.4. The molecule has 1 saturated carbocycles. The zero-order valence-electron chi connectivity index (χ0n) is 8.92. The van der Waals surface area contributed by atoms with Gasteiger partial charge < -0.3 is 10.8 Å². The van der Waals surface area contributed by atoms with Gasteiger partial charge >= 0.3 is 0 Å². The SMILES string of the molecule is CCCC(CN)C1(O)CCC(C)C1. The molecule has 0 aliphatic heterocycles. The van der Waals surface area contributed by atoms with Crippen molar-refractivity contribution in [1.82, 2.24) is 0 Å². The van der Waals surface area contributed by atoms with Gasteiger partial charge in [0.15, 0.2) is 0 Å². The summed E-state index contributed by atoms with van der Waals surface area (Å²) in [6.07, 6.45) is 5.26. The molecule has 13 heavy (non-hydrogen) atoms. The molecule has 0 radical (unpaired) electrons. The monoisotopic (exact) mass is 185 g/mol. The highest BCUT2D eigenvalue weighted by molar-refractivity contribution is 4.93. The molecule has 1 fully saturated rings. The minimum Gasteiger partial charge on any atom is -0.390 e. The normalized spacial score (nSPS) is 36.5. The standard InChI is InChI=1S/C11H23NO/c1-3-4-10(8-12)11(13)6-5-9(2)7-11/h9-10,13H,3-8,12H2,1-2H3. The Bertz CT molecular complexity index is 160. The first-order valence-electron chi connectivity index (χ1n) is 5.55. The summed E-state index contributed by atoms with van der Waals surface area (Å²) in [7, 11) is 0. The number of nitrogens with two attached hydrogens (primary N) is 1. The van der Waals surface area contributed by atoms with E-state index in [1.165, 1.54) is 0 Å². The van der Waals surface area contributed by atoms with Gasteiger partial charge in [0.25, 0.3) is 0 Å². The molecule has 0 saturated heterocycles. The highest BCUT2D eigenvalue weighted by Gasteiger charge is 2.40. The van der Waals surface area contributed by atoms with Crippen LogP contribution in [-0.4, -0.2) is 17.3 Å². The molecule has 78 valence electrons. The lowest BCUT2D eigenvalue weighted by Gasteiger charge is -2.32. The van der Waals surface area contributed by atoms with Gasteiger partial charge in [-0.25, -0.2) is 0 Å². The van der Waals surface area contributed by atoms with Gasteiger partial charge in [-0.3, -0.25) is 0 Å². The van der Waals surface area contributed by atoms with Crippen molar-refractivity contribution in [2.45, 2.75) is 51.6 Å². The van der Waals surface area contributed by atoms with E-state index in [-0.39, 0.29) is 0 Å². The van der Waals surface area contributed by atoms with E-state index in [0.717, 1.165) is 32.1 Å². The predicted octanol–water partition coefficient (Wildman–Crippen LogP) is 1.91. The first-order chi connectivity index (χ1) is 6.12. The Hall–Kier alpha value is -0.0800. The van der Waals surface area contributed by atoms with Gasteiger partial charge in [0.05, 0.1) is 5.60 Å². The summed E-state index contributed by atoms with van der Waals surface area (Å²) in [6.45, 7) is 5.01. The molecule has 0 aromatic heterocycles. The van der Waals surface area contributed by atoms with Crippen LogP contribution in [0.3, 0.4) is 0 Å². The Labute approximate surface area is 81.5 Å². The summed E-state index contributed by atoms with van der Waals surface area (Å²) in [6, 6.07) is 0. The highest BCUT2D eigenvalue weighted by Crippen LogP contribution is 2.40. The quantitative estimate of drug-likeness (QED) is 0.703. The average Bonchev–Trinajstić information content (AvgIpc) is 2.43. The molecular weight excluding hydrogens is 162 g/mol. The second-order valence-electron chi connectivity index (χ2n) is 4.67. The van der Waals surface area contributed by atoms with Crippen molar-refractivity contribution in [3.63, 3.8) is 0 Å². The lowest BCUT2D eigenvalue weighted by atomic mass is 9.82. The lowest BCUT2D eigenvalue weighted by Crippen LogP contribution is -2.39. The lowest BCUT2D eigenvalue weighted by molar-refractivity contribution is -0.0153. The molecule has 0 spiro atoms. The third kappa shape index (κ3) is 2.44. The highest BCUT2D eigenvalue weighted by atomic mass is 16.3. The van der Waals surface area contributed by atoms with Crippen LogP contribution in [0.25, 0.3) is 0 Å². The van der Waals surface area contributed by atoms with Gasteiger partial charge in [0.2, 0.25) is 0 Å². The van der Waals surface area contributed by atoms with Crippen molar-refractivity contribution in [2.24, 2.45) is 17.6 Å². The van der Waals surface area contributed by atoms with E-state index in [9.17, 15) is 5.11 Å². The fourth-order valence-corrected chi connectivity index (χ4v) is 2.63. The maximum Gasteiger partial charge on any atom is 0.0690 e. The van der Waals surface area contributed by atoms with Gasteiger partial charge in [-0.1, -0.05) is 20.3 Å². The summed E-state index contributed by atoms with van der Waals surface area (Å²) in [5.41, 5.74) is 5.27. The van der Waals surface area contributed by atoms with Crippen molar-refractivity contribution < 1.29 is 5.11 Å². The van der Waals surface area contributed by atoms with E-state index in [1.54, 1.807) is 0 Å². The van der Waals surface area contributed by atoms with Crippen molar-refractivity contribution in [2.75, 3.05) is 6.54 Å². The Morgan fingerprint density at radius 2 is 2.31 bits per heavy atom. The fraction of sp³-hybridized carbons (Fsp3) is 1.00. The summed E-state index contributed by atoms with van der Waals surface area (Å²) in [5.74, 6) is 0.998. The predicted molar refractivity (Wildman–Crippen MR) is 55.4 cm³/mol. The number of hydrogen-bond donors (Lipinski definition) is 2. The van der Waals surface area contributed by atoms with Gasteiger partial charge in [0, 0.05) is 0 Å². The van der Waals surface area contributed by atoms with Crippen LogP contribution < -0.4 is 5.73 Å². The van der Waals surface area contributed by atoms with Crippen molar-refractivity contribution in [3.05, 3.63) is 0 Å². The molecular formula is C11H23NO. The van der Waals surface area contributed by atoms with E-state index in [0.29, 0.717) is 18.4 Å². The van der Waals surface area contributed by atoms with Gasteiger partial charge in [-0.15, -0.1) is 0 Å². The molecule has 0 heterocycles. The maximum absolute atomic E-state index is 10.4. The van der Waals surface area contributed by atoms with E-state index >= 15 is 0 Å². The largest absolute Gasteiger partial charge is 0.390 e. The summed E-state index contributed by atoms with van der Waals surface area (Å²) in [4.78, 5) is 0. The fourth-order valence-electron chi connectivity index (χ4n) is 2.63. The van der Waals surface area contributed by atoms with Crippen LogP contribution in [0.2, 0.25) is 0 Å². The van der Waals surface area contributed by atoms with E-state index in [4.69, 9.17) is 5.73 Å². The summed E-state index contributed by atoms with van der Waals surface area (Å²) in [5, 5.41) is 10.4. The zero-order chi connectivity index (χ0) is 9.90. The molecule has 0 aromatic carbocycles. The molecule has 3 unspecified atom stereocenters. The molecule has 1 aliphatic rings. The van der Waals surface area contributed by atoms with Crippen LogP contribution in [0, 0.1) is 11.8 Å². The van der Waals surface area contributed by atoms with Crippen molar-refractivity contribution in [3.8, 4) is 0 Å². The molecule has 2 heteroatoms. The van der Waals surface area contributed by atoms with Crippen LogP contribution >= 0.6 is 0 Å². The van der Waals surface area contributed by atoms with E-state index in [1.807, 2.05) is 0 Å². The number of hydrogen-bond acceptors (Lipinski definition) is 2. The Morgan fingerprint density at radius 3 is 2.69 bits per heavy atom. The smallest absolute Gasteiger partial charge is 0.0690 e. The first-order valence-corrected chi connectivity index (χ1v) is 5.55. The van der Waals surface area contributed by atoms with E-state index < -0.39 is 5.60 Å². The third-order valence-corrected chi connectivity index (χ3v) is 3.45. The van der Waals surface area contributed by atoms with Crippen molar-refractivity contribution in [1.29, 1.82) is 0 Å². The molecule has 0 aromatic rings. The number of rotatable bonds is 4. The van der Waals surface area contributed by atoms with Gasteiger partial charge in [0.1, 0.15) is 0 Å². The minimum atomic E-state index is -0.440. The van der Waals surface area contributed by atoms with Crippen molar-refractivity contribution >= 4 is 0 Å². The first kappa shape index (κ1) is 11.0. The van der Waals surface area contributed by atoms with Gasteiger partial charge in [-0.05, 0) is 44.1 Å². The minimum absolute atomic E-state index is 0.322. The third-order valence-electron chi connectivity index (χ3n) is 3.45.